The van der Waals surface area contributed by atoms with E-state index in [4.69, 9.17) is 10.8 Å². The molecule has 0 spiro atoms. The molecule has 0 radical (unpaired) electrons. The van der Waals surface area contributed by atoms with E-state index in [1.54, 1.807) is 0 Å². The van der Waals surface area contributed by atoms with Crippen LogP contribution in [0.4, 0.5) is 0 Å². The van der Waals surface area contributed by atoms with Gasteiger partial charge in [0.25, 0.3) is 0 Å². The molecular weight excluding hydrogens is 320 g/mol. The molecular formula is C15H17BrN2O2. The second-order valence-electron chi connectivity index (χ2n) is 4.86. The molecule has 1 aromatic heterocycles. The van der Waals surface area contributed by atoms with Gasteiger partial charge in [0.15, 0.2) is 0 Å². The van der Waals surface area contributed by atoms with Gasteiger partial charge in [-0.3, -0.25) is 4.79 Å². The van der Waals surface area contributed by atoms with Gasteiger partial charge in [-0.2, -0.15) is 0 Å². The first-order chi connectivity index (χ1) is 9.40. The van der Waals surface area contributed by atoms with Crippen LogP contribution in [0.2, 0.25) is 0 Å². The van der Waals surface area contributed by atoms with Gasteiger partial charge in [0.05, 0.1) is 0 Å². The first-order valence-electron chi connectivity index (χ1n) is 6.32. The predicted octanol–water partition coefficient (Wildman–Crippen LogP) is 2.81. The molecule has 0 bridgehead atoms. The summed E-state index contributed by atoms with van der Waals surface area (Å²) in [4.78, 5) is 10.9. The van der Waals surface area contributed by atoms with Crippen LogP contribution in [0.1, 0.15) is 17.0 Å². The van der Waals surface area contributed by atoms with Gasteiger partial charge in [-0.25, -0.2) is 0 Å². The number of halogens is 1. The number of hydrogen-bond acceptors (Lipinski definition) is 2. The Balaban J connectivity index is 2.38. The third-order valence-corrected chi connectivity index (χ3v) is 3.91. The van der Waals surface area contributed by atoms with Crippen LogP contribution in [0.5, 0.6) is 0 Å². The molecule has 1 atom stereocenters. The summed E-state index contributed by atoms with van der Waals surface area (Å²) in [6.07, 6.45) is 0.339. The van der Waals surface area contributed by atoms with Gasteiger partial charge in [-0.05, 0) is 49.7 Å². The third-order valence-electron chi connectivity index (χ3n) is 3.38. The molecule has 4 nitrogen and oxygen atoms in total. The molecule has 0 aliphatic carbocycles. The Morgan fingerprint density at radius 1 is 1.35 bits per heavy atom. The van der Waals surface area contributed by atoms with E-state index in [0.717, 1.165) is 27.1 Å². The third kappa shape index (κ3) is 2.94. The quantitative estimate of drug-likeness (QED) is 0.901. The Hall–Kier alpha value is -1.59. The average Bonchev–Trinajstić information content (AvgIpc) is 2.66. The highest BCUT2D eigenvalue weighted by Gasteiger charge is 2.17. The molecule has 1 unspecified atom stereocenters. The lowest BCUT2D eigenvalue weighted by molar-refractivity contribution is -0.138. The molecule has 5 heteroatoms. The maximum absolute atomic E-state index is 10.9. The van der Waals surface area contributed by atoms with Crippen molar-refractivity contribution in [2.45, 2.75) is 26.3 Å². The molecule has 106 valence electrons. The lowest BCUT2D eigenvalue weighted by Gasteiger charge is -2.11. The Labute approximate surface area is 126 Å². The number of nitrogens with two attached hydrogens (primary N) is 1. The Morgan fingerprint density at radius 3 is 2.50 bits per heavy atom. The smallest absolute Gasteiger partial charge is 0.320 e. The van der Waals surface area contributed by atoms with E-state index >= 15 is 0 Å². The Kier molecular flexibility index (Phi) is 4.30. The summed E-state index contributed by atoms with van der Waals surface area (Å²) in [7, 11) is 0. The summed E-state index contributed by atoms with van der Waals surface area (Å²) >= 11 is 3.42. The standard InChI is InChI=1S/C15H17BrN2O2/c1-9-7-11(8-14(17)15(19)20)10(2)18(9)13-5-3-12(16)4-6-13/h3-7,14H,8,17H2,1-2H3,(H,19,20). The van der Waals surface area contributed by atoms with Crippen molar-refractivity contribution in [2.24, 2.45) is 5.73 Å². The minimum Gasteiger partial charge on any atom is -0.480 e. The molecule has 0 saturated heterocycles. The highest BCUT2D eigenvalue weighted by molar-refractivity contribution is 9.10. The van der Waals surface area contributed by atoms with E-state index in [-0.39, 0.29) is 0 Å². The zero-order valence-corrected chi connectivity index (χ0v) is 13.0. The molecule has 2 rings (SSSR count). The summed E-state index contributed by atoms with van der Waals surface area (Å²) in [6.45, 7) is 3.99. The summed E-state index contributed by atoms with van der Waals surface area (Å²) in [6, 6.07) is 9.14. The second-order valence-corrected chi connectivity index (χ2v) is 5.77. The van der Waals surface area contributed by atoms with E-state index < -0.39 is 12.0 Å². The fourth-order valence-corrected chi connectivity index (χ4v) is 2.61. The minimum atomic E-state index is -0.974. The van der Waals surface area contributed by atoms with Crippen LogP contribution < -0.4 is 5.73 Å². The lowest BCUT2D eigenvalue weighted by Crippen LogP contribution is -2.32. The Bertz CT molecular complexity index is 632. The monoisotopic (exact) mass is 336 g/mol. The maximum atomic E-state index is 10.9. The van der Waals surface area contributed by atoms with Gasteiger partial charge < -0.3 is 15.4 Å². The van der Waals surface area contributed by atoms with Gasteiger partial charge in [-0.15, -0.1) is 0 Å². The van der Waals surface area contributed by atoms with Crippen molar-refractivity contribution in [3.05, 3.63) is 51.8 Å². The van der Waals surface area contributed by atoms with Crippen LogP contribution in [0.15, 0.2) is 34.8 Å². The van der Waals surface area contributed by atoms with Gasteiger partial charge >= 0.3 is 5.97 Å². The maximum Gasteiger partial charge on any atom is 0.320 e. The van der Waals surface area contributed by atoms with E-state index in [0.29, 0.717) is 6.42 Å². The van der Waals surface area contributed by atoms with Crippen LogP contribution in [0.3, 0.4) is 0 Å². The van der Waals surface area contributed by atoms with Crippen molar-refractivity contribution in [1.82, 2.24) is 4.57 Å². The number of rotatable bonds is 4. The largest absolute Gasteiger partial charge is 0.480 e. The summed E-state index contributed by atoms with van der Waals surface area (Å²) in [5, 5.41) is 8.92. The first-order valence-corrected chi connectivity index (χ1v) is 7.11. The van der Waals surface area contributed by atoms with Gasteiger partial charge in [0, 0.05) is 28.0 Å². The first kappa shape index (κ1) is 14.8. The van der Waals surface area contributed by atoms with E-state index in [9.17, 15) is 4.79 Å². The minimum absolute atomic E-state index is 0.339. The number of carboxylic acid groups (broad SMARTS) is 1. The summed E-state index contributed by atoms with van der Waals surface area (Å²) < 4.78 is 3.13. The van der Waals surface area contributed by atoms with Gasteiger partial charge in [0.1, 0.15) is 6.04 Å². The number of hydrogen-bond donors (Lipinski definition) is 2. The van der Waals surface area contributed by atoms with E-state index in [1.165, 1.54) is 0 Å². The van der Waals surface area contributed by atoms with Crippen molar-refractivity contribution in [3.8, 4) is 5.69 Å². The van der Waals surface area contributed by atoms with Crippen LogP contribution in [-0.2, 0) is 11.2 Å². The van der Waals surface area contributed by atoms with Crippen molar-refractivity contribution in [3.63, 3.8) is 0 Å². The fraction of sp³-hybridized carbons (Fsp3) is 0.267. The van der Waals surface area contributed by atoms with Crippen LogP contribution in [0.25, 0.3) is 5.69 Å². The van der Waals surface area contributed by atoms with E-state index in [1.807, 2.05) is 44.2 Å². The number of aromatic nitrogens is 1. The van der Waals surface area contributed by atoms with Crippen molar-refractivity contribution < 1.29 is 9.90 Å². The fourth-order valence-electron chi connectivity index (χ4n) is 2.35. The Morgan fingerprint density at radius 2 is 1.95 bits per heavy atom. The summed E-state index contributed by atoms with van der Waals surface area (Å²) in [5.41, 5.74) is 9.74. The molecule has 0 fully saturated rings. The molecule has 1 heterocycles. The van der Waals surface area contributed by atoms with Crippen LogP contribution in [-0.4, -0.2) is 21.7 Å². The van der Waals surface area contributed by atoms with Crippen LogP contribution >= 0.6 is 15.9 Å². The SMILES string of the molecule is Cc1cc(CC(N)C(=O)O)c(C)n1-c1ccc(Br)cc1. The number of carboxylic acids is 1. The lowest BCUT2D eigenvalue weighted by atomic mass is 10.1. The molecule has 0 aliphatic heterocycles. The number of aliphatic carboxylic acids is 1. The molecule has 20 heavy (non-hydrogen) atoms. The normalized spacial score (nSPS) is 12.4. The van der Waals surface area contributed by atoms with Crippen molar-refractivity contribution in [2.75, 3.05) is 0 Å². The molecule has 2 aromatic rings. The number of nitrogens with zero attached hydrogens (tertiary/aromatic N) is 1. The second kappa shape index (κ2) is 5.81. The van der Waals surface area contributed by atoms with E-state index in [2.05, 4.69) is 20.5 Å². The number of benzene rings is 1. The van der Waals surface area contributed by atoms with Crippen LogP contribution in [0, 0.1) is 13.8 Å². The number of aryl methyl sites for hydroxylation is 1. The highest BCUT2D eigenvalue weighted by atomic mass is 79.9. The predicted molar refractivity (Wildman–Crippen MR) is 82.3 cm³/mol. The molecule has 0 aliphatic rings. The zero-order chi connectivity index (χ0) is 14.9. The highest BCUT2D eigenvalue weighted by Crippen LogP contribution is 2.23. The average molecular weight is 337 g/mol. The molecule has 0 saturated carbocycles. The zero-order valence-electron chi connectivity index (χ0n) is 11.4. The molecule has 3 N–H and O–H groups in total. The van der Waals surface area contributed by atoms with Crippen molar-refractivity contribution in [1.29, 1.82) is 0 Å². The molecule has 0 amide bonds. The topological polar surface area (TPSA) is 68.2 Å². The summed E-state index contributed by atoms with van der Waals surface area (Å²) in [5.74, 6) is -0.974. The number of carbonyl (C=O) groups is 1. The van der Waals surface area contributed by atoms with Gasteiger partial charge in [-0.1, -0.05) is 15.9 Å². The molecule has 1 aromatic carbocycles. The van der Waals surface area contributed by atoms with Crippen molar-refractivity contribution >= 4 is 21.9 Å². The van der Waals surface area contributed by atoms with Gasteiger partial charge in [0.2, 0.25) is 0 Å².